The van der Waals surface area contributed by atoms with E-state index in [4.69, 9.17) is 25.8 Å². The zero-order valence-electron chi connectivity index (χ0n) is 18.1. The van der Waals surface area contributed by atoms with Crippen LogP contribution in [-0.4, -0.2) is 18.5 Å². The van der Waals surface area contributed by atoms with Gasteiger partial charge in [0.05, 0.1) is 17.2 Å². The van der Waals surface area contributed by atoms with Crippen molar-refractivity contribution in [3.8, 4) is 11.5 Å². The minimum absolute atomic E-state index is 0.0279. The number of rotatable bonds is 7. The van der Waals surface area contributed by atoms with Crippen LogP contribution in [0.15, 0.2) is 71.4 Å². The predicted molar refractivity (Wildman–Crippen MR) is 125 cm³/mol. The summed E-state index contributed by atoms with van der Waals surface area (Å²) in [7, 11) is 0. The van der Waals surface area contributed by atoms with Crippen LogP contribution < -0.4 is 9.47 Å². The van der Waals surface area contributed by atoms with Crippen molar-refractivity contribution in [2.75, 3.05) is 6.61 Å². The van der Waals surface area contributed by atoms with Crippen molar-refractivity contribution in [1.29, 1.82) is 0 Å². The number of cyclic esters (lactones) is 1. The Morgan fingerprint density at radius 2 is 1.85 bits per heavy atom. The zero-order valence-corrected chi connectivity index (χ0v) is 18.9. The zero-order chi connectivity index (χ0) is 23.4. The molecule has 1 aliphatic rings. The smallest absolute Gasteiger partial charge is 0.363 e. The third-order valence-electron chi connectivity index (χ3n) is 4.86. The van der Waals surface area contributed by atoms with Gasteiger partial charge in [-0.2, -0.15) is 0 Å². The largest absolute Gasteiger partial charge is 0.490 e. The minimum atomic E-state index is -0.679. The molecule has 0 radical (unpaired) electrons. The first-order valence-corrected chi connectivity index (χ1v) is 10.7. The van der Waals surface area contributed by atoms with Crippen LogP contribution in [0.2, 0.25) is 5.02 Å². The lowest BCUT2D eigenvalue weighted by Crippen LogP contribution is -2.07. The third-order valence-corrected chi connectivity index (χ3v) is 5.14. The molecule has 4 rings (SSSR count). The minimum Gasteiger partial charge on any atom is -0.490 e. The Hall–Kier alpha value is -3.64. The molecule has 0 atom stereocenters. The molecule has 168 valence electrons. The normalized spacial score (nSPS) is 14.2. The Kier molecular flexibility index (Phi) is 6.75. The molecule has 0 saturated carbocycles. The fourth-order valence-electron chi connectivity index (χ4n) is 3.23. The highest BCUT2D eigenvalue weighted by molar-refractivity contribution is 6.32. The number of benzene rings is 3. The van der Waals surface area contributed by atoms with Crippen LogP contribution in [0, 0.1) is 12.7 Å². The van der Waals surface area contributed by atoms with E-state index in [9.17, 15) is 9.18 Å². The van der Waals surface area contributed by atoms with E-state index in [1.165, 1.54) is 18.2 Å². The van der Waals surface area contributed by atoms with E-state index in [-0.39, 0.29) is 17.2 Å². The number of hydrogen-bond donors (Lipinski definition) is 0. The first-order valence-electron chi connectivity index (χ1n) is 10.4. The third kappa shape index (κ3) is 5.23. The summed E-state index contributed by atoms with van der Waals surface area (Å²) in [5.41, 5.74) is 2.86. The first kappa shape index (κ1) is 22.6. The highest BCUT2D eigenvalue weighted by Gasteiger charge is 2.26. The predicted octanol–water partition coefficient (Wildman–Crippen LogP) is 6.11. The van der Waals surface area contributed by atoms with E-state index in [0.29, 0.717) is 35.3 Å². The monoisotopic (exact) mass is 465 g/mol. The number of nitrogens with zero attached hydrogens (tertiary/aromatic N) is 1. The van der Waals surface area contributed by atoms with Crippen LogP contribution in [0.5, 0.6) is 11.5 Å². The van der Waals surface area contributed by atoms with Crippen molar-refractivity contribution in [3.63, 3.8) is 0 Å². The van der Waals surface area contributed by atoms with E-state index >= 15 is 0 Å². The number of halogens is 2. The van der Waals surface area contributed by atoms with Gasteiger partial charge in [-0.3, -0.25) is 0 Å². The van der Waals surface area contributed by atoms with Crippen molar-refractivity contribution in [1.82, 2.24) is 0 Å². The molecule has 0 fully saturated rings. The fraction of sp³-hybridized carbons (Fsp3) is 0.154. The second-order valence-corrected chi connectivity index (χ2v) is 7.76. The van der Waals surface area contributed by atoms with Crippen LogP contribution in [-0.2, 0) is 16.1 Å². The van der Waals surface area contributed by atoms with E-state index in [1.807, 2.05) is 38.1 Å². The molecule has 1 heterocycles. The number of esters is 1. The van der Waals surface area contributed by atoms with Crippen LogP contribution >= 0.6 is 11.6 Å². The second kappa shape index (κ2) is 9.88. The topological polar surface area (TPSA) is 57.1 Å². The van der Waals surface area contributed by atoms with E-state index in [0.717, 1.165) is 11.1 Å². The van der Waals surface area contributed by atoms with Crippen LogP contribution in [0.4, 0.5) is 4.39 Å². The van der Waals surface area contributed by atoms with Gasteiger partial charge in [0.15, 0.2) is 17.2 Å². The van der Waals surface area contributed by atoms with Gasteiger partial charge in [-0.05, 0) is 55.3 Å². The molecule has 0 saturated heterocycles. The Bertz CT molecular complexity index is 1250. The van der Waals surface area contributed by atoms with Gasteiger partial charge in [0.1, 0.15) is 12.4 Å². The molecule has 0 unspecified atom stereocenters. The molecule has 0 amide bonds. The molecule has 7 heteroatoms. The highest BCUT2D eigenvalue weighted by atomic mass is 35.5. The van der Waals surface area contributed by atoms with Crippen molar-refractivity contribution in [2.45, 2.75) is 20.5 Å². The van der Waals surface area contributed by atoms with Gasteiger partial charge in [-0.25, -0.2) is 14.2 Å². The summed E-state index contributed by atoms with van der Waals surface area (Å²) in [5.74, 6) is -0.443. The maximum Gasteiger partial charge on any atom is 0.363 e. The molecular formula is C26H21ClFNO4. The van der Waals surface area contributed by atoms with Gasteiger partial charge in [0.2, 0.25) is 5.90 Å². The summed E-state index contributed by atoms with van der Waals surface area (Å²) in [6.45, 7) is 4.59. The fourth-order valence-corrected chi connectivity index (χ4v) is 3.50. The lowest BCUT2D eigenvalue weighted by atomic mass is 10.1. The summed E-state index contributed by atoms with van der Waals surface area (Å²) in [6, 6.07) is 17.3. The molecule has 33 heavy (non-hydrogen) atoms. The van der Waals surface area contributed by atoms with E-state index < -0.39 is 11.8 Å². The van der Waals surface area contributed by atoms with Crippen molar-refractivity contribution >= 4 is 29.5 Å². The lowest BCUT2D eigenvalue weighted by molar-refractivity contribution is -0.129. The van der Waals surface area contributed by atoms with Crippen LogP contribution in [0.1, 0.15) is 29.2 Å². The molecule has 3 aromatic carbocycles. The molecule has 0 aliphatic carbocycles. The molecule has 5 nitrogen and oxygen atoms in total. The lowest BCUT2D eigenvalue weighted by Gasteiger charge is -2.14. The van der Waals surface area contributed by atoms with Crippen LogP contribution in [0.25, 0.3) is 6.08 Å². The SMILES string of the molecule is CCOc1cc(/C=C2\N=C(c3ccccc3F)OC2=O)cc(Cl)c1OCc1ccc(C)cc1. The van der Waals surface area contributed by atoms with Gasteiger partial charge in [-0.1, -0.05) is 53.6 Å². The molecule has 3 aromatic rings. The van der Waals surface area contributed by atoms with Gasteiger partial charge >= 0.3 is 5.97 Å². The summed E-state index contributed by atoms with van der Waals surface area (Å²) < 4.78 is 30.9. The standard InChI is InChI=1S/C26H21ClFNO4/c1-3-31-23-14-18(12-20(27)24(23)32-15-17-10-8-16(2)9-11-17)13-22-26(30)33-25(29-22)19-6-4-5-7-21(19)28/h4-14H,3,15H2,1-2H3/b22-13-. The summed E-state index contributed by atoms with van der Waals surface area (Å²) in [6.07, 6.45) is 1.51. The van der Waals surface area contributed by atoms with Gasteiger partial charge in [-0.15, -0.1) is 0 Å². The summed E-state index contributed by atoms with van der Waals surface area (Å²) in [4.78, 5) is 16.5. The van der Waals surface area contributed by atoms with E-state index in [2.05, 4.69) is 4.99 Å². The van der Waals surface area contributed by atoms with Gasteiger partial charge < -0.3 is 14.2 Å². The number of aliphatic imine (C=N–C) groups is 1. The van der Waals surface area contributed by atoms with Crippen molar-refractivity contribution in [3.05, 3.63) is 99.5 Å². The van der Waals surface area contributed by atoms with Gasteiger partial charge in [0, 0.05) is 0 Å². The van der Waals surface area contributed by atoms with Crippen molar-refractivity contribution in [2.24, 2.45) is 4.99 Å². The number of hydrogen-bond acceptors (Lipinski definition) is 5. The Morgan fingerprint density at radius 3 is 2.58 bits per heavy atom. The summed E-state index contributed by atoms with van der Waals surface area (Å²) >= 11 is 6.49. The van der Waals surface area contributed by atoms with Gasteiger partial charge in [0.25, 0.3) is 0 Å². The maximum absolute atomic E-state index is 14.0. The second-order valence-electron chi connectivity index (χ2n) is 7.35. The number of ether oxygens (including phenoxy) is 3. The molecule has 0 aromatic heterocycles. The first-order chi connectivity index (χ1) is 15.9. The average Bonchev–Trinajstić information content (AvgIpc) is 3.15. The molecule has 1 aliphatic heterocycles. The average molecular weight is 466 g/mol. The molecule has 0 spiro atoms. The Morgan fingerprint density at radius 1 is 1.09 bits per heavy atom. The highest BCUT2D eigenvalue weighted by Crippen LogP contribution is 2.38. The quantitative estimate of drug-likeness (QED) is 0.312. The number of carbonyl (C=O) groups excluding carboxylic acids is 1. The number of aryl methyl sites for hydroxylation is 1. The molecule has 0 bridgehead atoms. The molecule has 0 N–H and O–H groups in total. The van der Waals surface area contributed by atoms with Crippen molar-refractivity contribution < 1.29 is 23.4 Å². The number of carbonyl (C=O) groups is 1. The van der Waals surface area contributed by atoms with Crippen LogP contribution in [0.3, 0.4) is 0 Å². The maximum atomic E-state index is 14.0. The molecular weight excluding hydrogens is 445 g/mol. The van der Waals surface area contributed by atoms with E-state index in [1.54, 1.807) is 24.3 Å². The Balaban J connectivity index is 1.61. The summed E-state index contributed by atoms with van der Waals surface area (Å²) in [5, 5.41) is 0.324. The Labute approximate surface area is 196 Å².